The van der Waals surface area contributed by atoms with Crippen LogP contribution in [-0.4, -0.2) is 52.5 Å². The number of carbonyl (C=O) groups excluding carboxylic acids is 2. The largest absolute Gasteiger partial charge is 0.392 e. The van der Waals surface area contributed by atoms with E-state index in [9.17, 15) is 14.7 Å². The number of fused-ring (bicyclic) bond motifs is 1. The van der Waals surface area contributed by atoms with E-state index in [-0.39, 0.29) is 37.2 Å². The van der Waals surface area contributed by atoms with Gasteiger partial charge in [-0.15, -0.1) is 0 Å². The van der Waals surface area contributed by atoms with E-state index in [2.05, 4.69) is 41.3 Å². The van der Waals surface area contributed by atoms with Crippen molar-refractivity contribution in [2.45, 2.75) is 70.2 Å². The fourth-order valence-corrected chi connectivity index (χ4v) is 7.13. The molecule has 1 N–H and O–H groups in total. The summed E-state index contributed by atoms with van der Waals surface area (Å²) in [6.07, 6.45) is 6.53. The number of aliphatic hydroxyl groups is 1. The van der Waals surface area contributed by atoms with Gasteiger partial charge < -0.3 is 19.5 Å². The lowest BCUT2D eigenvalue weighted by atomic mass is 9.97. The fraction of sp³-hybridized carbons (Fsp3) is 0.350. The molecule has 3 unspecified atom stereocenters. The summed E-state index contributed by atoms with van der Waals surface area (Å²) in [7, 11) is 0. The Labute approximate surface area is 276 Å². The van der Waals surface area contributed by atoms with Gasteiger partial charge in [0.05, 0.1) is 36.5 Å². The molecule has 0 saturated carbocycles. The number of aliphatic hydroxyl groups excluding tert-OH is 1. The molecule has 0 spiro atoms. The predicted molar refractivity (Wildman–Crippen MR) is 180 cm³/mol. The zero-order valence-corrected chi connectivity index (χ0v) is 26.7. The number of nitrogens with zero attached hydrogens (tertiary/aromatic N) is 2. The first-order valence-corrected chi connectivity index (χ1v) is 16.9. The zero-order chi connectivity index (χ0) is 32.2. The summed E-state index contributed by atoms with van der Waals surface area (Å²) in [5.74, 6) is -0.513. The van der Waals surface area contributed by atoms with Crippen molar-refractivity contribution < 1.29 is 24.2 Å². The number of hydrogen-bond donors (Lipinski definition) is 1. The van der Waals surface area contributed by atoms with Gasteiger partial charge in [-0.25, -0.2) is 0 Å². The van der Waals surface area contributed by atoms with E-state index in [1.165, 1.54) is 37.0 Å². The molecule has 4 aromatic rings. The van der Waals surface area contributed by atoms with Crippen LogP contribution in [0.25, 0.3) is 11.1 Å². The smallest absolute Gasteiger partial charge is 0.261 e. The van der Waals surface area contributed by atoms with Crippen molar-refractivity contribution in [3.05, 3.63) is 130 Å². The highest BCUT2D eigenvalue weighted by molar-refractivity contribution is 6.21. The van der Waals surface area contributed by atoms with Crippen molar-refractivity contribution in [2.75, 3.05) is 19.6 Å². The number of amides is 2. The van der Waals surface area contributed by atoms with Gasteiger partial charge in [-0.1, -0.05) is 104 Å². The zero-order valence-electron chi connectivity index (χ0n) is 26.7. The molecule has 0 bridgehead atoms. The molecule has 0 aromatic heterocycles. The predicted octanol–water partition coefficient (Wildman–Crippen LogP) is 7.45. The van der Waals surface area contributed by atoms with Crippen molar-refractivity contribution in [3.8, 4) is 11.1 Å². The number of likely N-dealkylation sites (tertiary alicyclic amines) is 1. The van der Waals surface area contributed by atoms with Crippen molar-refractivity contribution in [2.24, 2.45) is 0 Å². The summed E-state index contributed by atoms with van der Waals surface area (Å²) in [6, 6.07) is 31.2. The minimum absolute atomic E-state index is 0.0168. The lowest BCUT2D eigenvalue weighted by Gasteiger charge is -2.39. The number of ether oxygens (including phenoxy) is 2. The maximum atomic E-state index is 13.1. The van der Waals surface area contributed by atoms with E-state index in [1.807, 2.05) is 36.4 Å². The van der Waals surface area contributed by atoms with Crippen LogP contribution in [-0.2, 0) is 22.6 Å². The highest BCUT2D eigenvalue weighted by Gasteiger charge is 2.36. The third-order valence-electron chi connectivity index (χ3n) is 9.74. The van der Waals surface area contributed by atoms with Gasteiger partial charge in [0, 0.05) is 18.5 Å². The monoisotopic (exact) mass is 630 g/mol. The van der Waals surface area contributed by atoms with Gasteiger partial charge in [0.2, 0.25) is 0 Å². The molecule has 242 valence electrons. The summed E-state index contributed by atoms with van der Waals surface area (Å²) in [5, 5.41) is 9.56. The average molecular weight is 631 g/mol. The lowest BCUT2D eigenvalue weighted by molar-refractivity contribution is -0.253. The van der Waals surface area contributed by atoms with Crippen LogP contribution in [0.4, 0.5) is 0 Å². The topological polar surface area (TPSA) is 79.3 Å². The molecule has 4 aromatic carbocycles. The van der Waals surface area contributed by atoms with Crippen LogP contribution in [0.1, 0.15) is 93.9 Å². The van der Waals surface area contributed by atoms with Crippen LogP contribution >= 0.6 is 0 Å². The Hall–Kier alpha value is -4.14. The SMILES string of the molecule is O=C1c2ccccc2C(=O)N1Cc1ccccc1-c1ccc(C2OC(CN3CCCCCCC3)CC(c3ccc(CO)cc3)O2)cc1. The molecule has 0 radical (unpaired) electrons. The first-order chi connectivity index (χ1) is 23.1. The fourth-order valence-electron chi connectivity index (χ4n) is 7.13. The molecule has 0 aliphatic carbocycles. The molecular formula is C40H42N2O5. The van der Waals surface area contributed by atoms with Gasteiger partial charge in [-0.2, -0.15) is 0 Å². The molecule has 3 aliphatic heterocycles. The minimum atomic E-state index is -0.520. The molecule has 3 aliphatic rings. The van der Waals surface area contributed by atoms with Gasteiger partial charge in [-0.3, -0.25) is 14.5 Å². The first kappa shape index (κ1) is 31.5. The van der Waals surface area contributed by atoms with Crippen LogP contribution in [0.3, 0.4) is 0 Å². The van der Waals surface area contributed by atoms with Crippen molar-refractivity contribution >= 4 is 11.8 Å². The second-order valence-electron chi connectivity index (χ2n) is 12.9. The molecule has 2 fully saturated rings. The number of hydrogen-bond acceptors (Lipinski definition) is 6. The van der Waals surface area contributed by atoms with Crippen LogP contribution in [0.2, 0.25) is 0 Å². The second-order valence-corrected chi connectivity index (χ2v) is 12.9. The standard InChI is InChI=1S/C40H42N2O5/c43-27-28-14-16-30(17-15-28)37-24-33(26-41-22-8-2-1-3-9-23-41)46-40(47-37)31-20-18-29(19-21-31)34-11-5-4-10-32(34)25-42-38(44)35-12-6-7-13-36(35)39(42)45/h4-7,10-21,33,37,40,43H,1-3,8-9,22-27H2. The molecule has 7 rings (SSSR count). The maximum absolute atomic E-state index is 13.1. The normalized spacial score (nSPS) is 22.1. The van der Waals surface area contributed by atoms with Crippen LogP contribution < -0.4 is 0 Å². The van der Waals surface area contributed by atoms with Crippen molar-refractivity contribution in [1.82, 2.24) is 9.80 Å². The first-order valence-electron chi connectivity index (χ1n) is 16.9. The molecule has 2 saturated heterocycles. The van der Waals surface area contributed by atoms with E-state index in [1.54, 1.807) is 24.3 Å². The number of imide groups is 1. The van der Waals surface area contributed by atoms with Gasteiger partial charge in [-0.05, 0) is 65.9 Å². The Morgan fingerprint density at radius 1 is 0.660 bits per heavy atom. The third-order valence-corrected chi connectivity index (χ3v) is 9.74. The Morgan fingerprint density at radius 2 is 1.26 bits per heavy atom. The quantitative estimate of drug-likeness (QED) is 0.204. The Bertz CT molecular complexity index is 1660. The summed E-state index contributed by atoms with van der Waals surface area (Å²) >= 11 is 0. The van der Waals surface area contributed by atoms with Crippen LogP contribution in [0.15, 0.2) is 97.1 Å². The summed E-state index contributed by atoms with van der Waals surface area (Å²) < 4.78 is 13.3. The van der Waals surface area contributed by atoms with Crippen molar-refractivity contribution in [3.63, 3.8) is 0 Å². The Balaban J connectivity index is 1.11. The van der Waals surface area contributed by atoms with Gasteiger partial charge >= 0.3 is 0 Å². The molecule has 47 heavy (non-hydrogen) atoms. The van der Waals surface area contributed by atoms with Crippen molar-refractivity contribution in [1.29, 1.82) is 0 Å². The van der Waals surface area contributed by atoms with E-state index in [0.717, 1.165) is 59.4 Å². The van der Waals surface area contributed by atoms with Gasteiger partial charge in [0.25, 0.3) is 11.8 Å². The number of benzene rings is 4. The molecule has 7 nitrogen and oxygen atoms in total. The van der Waals surface area contributed by atoms with E-state index < -0.39 is 6.29 Å². The molecule has 7 heteroatoms. The molecule has 2 amide bonds. The average Bonchev–Trinajstić information content (AvgIpc) is 3.34. The molecule has 3 atom stereocenters. The van der Waals surface area contributed by atoms with Crippen LogP contribution in [0, 0.1) is 0 Å². The highest BCUT2D eigenvalue weighted by Crippen LogP contribution is 2.39. The molecule has 3 heterocycles. The minimum Gasteiger partial charge on any atom is -0.392 e. The summed E-state index contributed by atoms with van der Waals surface area (Å²) in [5.41, 5.74) is 6.70. The summed E-state index contributed by atoms with van der Waals surface area (Å²) in [4.78, 5) is 30.1. The van der Waals surface area contributed by atoms with Gasteiger partial charge in [0.15, 0.2) is 6.29 Å². The third kappa shape index (κ3) is 6.94. The van der Waals surface area contributed by atoms with E-state index >= 15 is 0 Å². The maximum Gasteiger partial charge on any atom is 0.261 e. The Morgan fingerprint density at radius 3 is 1.91 bits per heavy atom. The van der Waals surface area contributed by atoms with Gasteiger partial charge in [0.1, 0.15) is 0 Å². The molecular weight excluding hydrogens is 588 g/mol. The summed E-state index contributed by atoms with van der Waals surface area (Å²) in [6.45, 7) is 3.32. The lowest BCUT2D eigenvalue weighted by Crippen LogP contribution is -2.40. The highest BCUT2D eigenvalue weighted by atomic mass is 16.7. The Kier molecular flexibility index (Phi) is 9.58. The van der Waals surface area contributed by atoms with Crippen LogP contribution in [0.5, 0.6) is 0 Å². The van der Waals surface area contributed by atoms with E-state index in [0.29, 0.717) is 11.1 Å². The number of carbonyl (C=O) groups is 2. The number of rotatable bonds is 8. The van der Waals surface area contributed by atoms with E-state index in [4.69, 9.17) is 9.47 Å². The second kappa shape index (κ2) is 14.3.